The van der Waals surface area contributed by atoms with Crippen molar-refractivity contribution >= 4 is 38.5 Å². The highest BCUT2D eigenvalue weighted by molar-refractivity contribution is 9.10. The number of rotatable bonds is 5. The number of nitrogens with zero attached hydrogens (tertiary/aromatic N) is 2. The molecule has 2 aromatic rings. The second kappa shape index (κ2) is 6.08. The molecule has 1 amide bonds. The molecular formula is C17H17BrN2O2. The number of carbonyl (C=O) groups excluding carboxylic acids is 2. The average molecular weight is 361 g/mol. The van der Waals surface area contributed by atoms with Crippen molar-refractivity contribution < 1.29 is 9.59 Å². The molecule has 0 bridgehead atoms. The second-order valence-corrected chi connectivity index (χ2v) is 6.62. The molecule has 5 heteroatoms. The van der Waals surface area contributed by atoms with Gasteiger partial charge in [0.05, 0.1) is 6.54 Å². The molecule has 4 nitrogen and oxygen atoms in total. The van der Waals surface area contributed by atoms with Gasteiger partial charge in [-0.1, -0.05) is 22.5 Å². The standard InChI is InChI=1S/C17H17BrN2O2/c1-2-17(22)20-9-12(10-20)7-15(21)11-19-6-5-13-8-14(18)3-4-16(13)19/h2-6,8,12H,1,7,9-11H2. The van der Waals surface area contributed by atoms with Crippen LogP contribution in [0.2, 0.25) is 0 Å². The van der Waals surface area contributed by atoms with E-state index in [1.165, 1.54) is 6.08 Å². The van der Waals surface area contributed by atoms with Crippen LogP contribution in [0.4, 0.5) is 0 Å². The van der Waals surface area contributed by atoms with Crippen LogP contribution in [0.25, 0.3) is 10.9 Å². The van der Waals surface area contributed by atoms with Crippen LogP contribution in [0.5, 0.6) is 0 Å². The van der Waals surface area contributed by atoms with Gasteiger partial charge >= 0.3 is 0 Å². The number of halogens is 1. The molecule has 1 aromatic heterocycles. The van der Waals surface area contributed by atoms with Crippen molar-refractivity contribution in [1.82, 2.24) is 9.47 Å². The molecule has 0 spiro atoms. The Morgan fingerprint density at radius 1 is 1.32 bits per heavy atom. The maximum absolute atomic E-state index is 12.2. The van der Waals surface area contributed by atoms with Gasteiger partial charge in [0.25, 0.3) is 0 Å². The van der Waals surface area contributed by atoms with Gasteiger partial charge in [0.15, 0.2) is 5.78 Å². The van der Waals surface area contributed by atoms with Crippen molar-refractivity contribution in [2.75, 3.05) is 13.1 Å². The minimum absolute atomic E-state index is 0.0503. The van der Waals surface area contributed by atoms with Gasteiger partial charge in [-0.05, 0) is 30.3 Å². The Balaban J connectivity index is 1.58. The zero-order chi connectivity index (χ0) is 15.7. The number of hydrogen-bond acceptors (Lipinski definition) is 2. The zero-order valence-electron chi connectivity index (χ0n) is 12.2. The molecule has 1 saturated heterocycles. The van der Waals surface area contributed by atoms with E-state index in [1.807, 2.05) is 35.0 Å². The van der Waals surface area contributed by atoms with Gasteiger partial charge in [-0.2, -0.15) is 0 Å². The zero-order valence-corrected chi connectivity index (χ0v) is 13.8. The Morgan fingerprint density at radius 2 is 2.09 bits per heavy atom. The topological polar surface area (TPSA) is 42.3 Å². The quantitative estimate of drug-likeness (QED) is 0.769. The number of aromatic nitrogens is 1. The van der Waals surface area contributed by atoms with Gasteiger partial charge in [-0.25, -0.2) is 0 Å². The Labute approximate surface area is 137 Å². The molecule has 2 heterocycles. The number of hydrogen-bond donors (Lipinski definition) is 0. The van der Waals surface area contributed by atoms with Crippen LogP contribution >= 0.6 is 15.9 Å². The van der Waals surface area contributed by atoms with Crippen molar-refractivity contribution in [3.05, 3.63) is 47.6 Å². The van der Waals surface area contributed by atoms with Crippen LogP contribution in [-0.4, -0.2) is 34.2 Å². The number of fused-ring (bicyclic) bond motifs is 1. The first-order valence-electron chi connectivity index (χ1n) is 7.24. The van der Waals surface area contributed by atoms with Crippen LogP contribution < -0.4 is 0 Å². The predicted molar refractivity (Wildman–Crippen MR) is 89.5 cm³/mol. The number of likely N-dealkylation sites (tertiary alicyclic amines) is 1. The lowest BCUT2D eigenvalue weighted by molar-refractivity contribution is -0.134. The van der Waals surface area contributed by atoms with Crippen LogP contribution in [0.1, 0.15) is 6.42 Å². The highest BCUT2D eigenvalue weighted by Crippen LogP contribution is 2.23. The smallest absolute Gasteiger partial charge is 0.245 e. The van der Waals surface area contributed by atoms with Crippen molar-refractivity contribution in [2.24, 2.45) is 5.92 Å². The van der Waals surface area contributed by atoms with E-state index in [-0.39, 0.29) is 17.6 Å². The van der Waals surface area contributed by atoms with Gasteiger partial charge in [-0.15, -0.1) is 0 Å². The van der Waals surface area contributed by atoms with E-state index in [4.69, 9.17) is 0 Å². The largest absolute Gasteiger partial charge is 0.340 e. The van der Waals surface area contributed by atoms with Crippen LogP contribution in [-0.2, 0) is 16.1 Å². The lowest BCUT2D eigenvalue weighted by Crippen LogP contribution is -2.50. The van der Waals surface area contributed by atoms with Gasteiger partial charge in [0.1, 0.15) is 0 Å². The maximum Gasteiger partial charge on any atom is 0.245 e. The molecule has 0 aliphatic carbocycles. The average Bonchev–Trinajstić information content (AvgIpc) is 2.83. The summed E-state index contributed by atoms with van der Waals surface area (Å²) in [7, 11) is 0. The number of amides is 1. The van der Waals surface area contributed by atoms with Crippen LogP contribution in [0.15, 0.2) is 47.6 Å². The summed E-state index contributed by atoms with van der Waals surface area (Å²) in [6, 6.07) is 8.05. The first kappa shape index (κ1) is 15.0. The molecular weight excluding hydrogens is 344 g/mol. The van der Waals surface area contributed by atoms with E-state index in [2.05, 4.69) is 22.5 Å². The minimum atomic E-state index is -0.0503. The van der Waals surface area contributed by atoms with Crippen molar-refractivity contribution in [3.63, 3.8) is 0 Å². The minimum Gasteiger partial charge on any atom is -0.340 e. The summed E-state index contributed by atoms with van der Waals surface area (Å²) in [5.74, 6) is 0.439. The molecule has 1 aliphatic rings. The number of carbonyl (C=O) groups is 2. The summed E-state index contributed by atoms with van der Waals surface area (Å²) in [6.45, 7) is 5.18. The van der Waals surface area contributed by atoms with Crippen LogP contribution in [0.3, 0.4) is 0 Å². The first-order chi connectivity index (χ1) is 10.6. The summed E-state index contributed by atoms with van der Waals surface area (Å²) in [5.41, 5.74) is 1.06. The third-order valence-corrected chi connectivity index (χ3v) is 4.53. The molecule has 0 unspecified atom stereocenters. The second-order valence-electron chi connectivity index (χ2n) is 5.70. The fourth-order valence-electron chi connectivity index (χ4n) is 2.89. The number of Topliss-reactive ketones (excluding diaryl/α,β-unsaturated/α-hetero) is 1. The van der Waals surface area contributed by atoms with Crippen LogP contribution in [0, 0.1) is 5.92 Å². The highest BCUT2D eigenvalue weighted by Gasteiger charge is 2.30. The Hall–Kier alpha value is -1.88. The molecule has 0 saturated carbocycles. The van der Waals surface area contributed by atoms with E-state index >= 15 is 0 Å². The summed E-state index contributed by atoms with van der Waals surface area (Å²) < 4.78 is 3.01. The van der Waals surface area contributed by atoms with Gasteiger partial charge in [0, 0.05) is 47.0 Å². The van der Waals surface area contributed by atoms with Gasteiger partial charge in [-0.3, -0.25) is 9.59 Å². The first-order valence-corrected chi connectivity index (χ1v) is 8.03. The Kier molecular flexibility index (Phi) is 4.16. The summed E-state index contributed by atoms with van der Waals surface area (Å²) in [5, 5.41) is 1.12. The van der Waals surface area contributed by atoms with E-state index in [0.717, 1.165) is 15.4 Å². The highest BCUT2D eigenvalue weighted by atomic mass is 79.9. The molecule has 0 atom stereocenters. The van der Waals surface area contributed by atoms with Crippen molar-refractivity contribution in [1.29, 1.82) is 0 Å². The molecule has 0 N–H and O–H groups in total. The SMILES string of the molecule is C=CC(=O)N1CC(CC(=O)Cn2ccc3cc(Br)ccc32)C1. The number of benzene rings is 1. The maximum atomic E-state index is 12.2. The molecule has 1 aromatic carbocycles. The van der Waals surface area contributed by atoms with E-state index in [0.29, 0.717) is 26.1 Å². The fraction of sp³-hybridized carbons (Fsp3) is 0.294. The fourth-order valence-corrected chi connectivity index (χ4v) is 3.27. The molecule has 22 heavy (non-hydrogen) atoms. The molecule has 3 rings (SSSR count). The molecule has 1 aliphatic heterocycles. The summed E-state index contributed by atoms with van der Waals surface area (Å²) in [4.78, 5) is 25.3. The Bertz CT molecular complexity index is 744. The predicted octanol–water partition coefficient (Wildman–Crippen LogP) is 3.01. The Morgan fingerprint density at radius 3 is 2.82 bits per heavy atom. The number of ketones is 1. The van der Waals surface area contributed by atoms with E-state index in [1.54, 1.807) is 4.90 Å². The lowest BCUT2D eigenvalue weighted by Gasteiger charge is -2.38. The van der Waals surface area contributed by atoms with Gasteiger partial charge in [0.2, 0.25) is 5.91 Å². The molecule has 114 valence electrons. The molecule has 1 fully saturated rings. The van der Waals surface area contributed by atoms with E-state index in [9.17, 15) is 9.59 Å². The summed E-state index contributed by atoms with van der Waals surface area (Å²) >= 11 is 3.45. The lowest BCUT2D eigenvalue weighted by atomic mass is 9.94. The van der Waals surface area contributed by atoms with Crippen molar-refractivity contribution in [3.8, 4) is 0 Å². The third-order valence-electron chi connectivity index (χ3n) is 4.04. The monoisotopic (exact) mass is 360 g/mol. The molecule has 0 radical (unpaired) electrons. The van der Waals surface area contributed by atoms with Gasteiger partial charge < -0.3 is 9.47 Å². The van der Waals surface area contributed by atoms with Crippen molar-refractivity contribution in [2.45, 2.75) is 13.0 Å². The normalized spacial score (nSPS) is 14.9. The third kappa shape index (κ3) is 2.99. The van der Waals surface area contributed by atoms with E-state index < -0.39 is 0 Å². The summed E-state index contributed by atoms with van der Waals surface area (Å²) in [6.07, 6.45) is 3.79.